The third kappa shape index (κ3) is 5.52. The fraction of sp³-hybridized carbons (Fsp3) is 0.857. The van der Waals surface area contributed by atoms with Crippen molar-refractivity contribution in [3.63, 3.8) is 0 Å². The van der Waals surface area contributed by atoms with Crippen molar-refractivity contribution in [1.29, 1.82) is 0 Å². The topological polar surface area (TPSA) is 57.6 Å². The number of aliphatic carboxylic acids is 1. The van der Waals surface area contributed by atoms with Gasteiger partial charge in [0.15, 0.2) is 0 Å². The van der Waals surface area contributed by atoms with E-state index in [1.54, 1.807) is 0 Å². The molecule has 1 saturated heterocycles. The maximum atomic E-state index is 12.0. The normalized spacial score (nSPS) is 17.8. The maximum absolute atomic E-state index is 12.0. The van der Waals surface area contributed by atoms with Crippen molar-refractivity contribution in [2.75, 3.05) is 13.1 Å². The first-order valence-corrected chi connectivity index (χ1v) is 6.77. The van der Waals surface area contributed by atoms with Gasteiger partial charge in [0.1, 0.15) is 0 Å². The van der Waals surface area contributed by atoms with Crippen LogP contribution in [0.3, 0.4) is 0 Å². The number of hydrogen-bond acceptors (Lipinski definition) is 2. The Morgan fingerprint density at radius 2 is 1.78 bits per heavy atom. The number of hydrogen-bond donors (Lipinski definition) is 1. The molecule has 0 aromatic heterocycles. The van der Waals surface area contributed by atoms with Gasteiger partial charge in [-0.15, -0.1) is 0 Å². The lowest BCUT2D eigenvalue weighted by Gasteiger charge is -2.32. The summed E-state index contributed by atoms with van der Waals surface area (Å²) in [6.07, 6.45) is 3.40. The van der Waals surface area contributed by atoms with Crippen molar-refractivity contribution < 1.29 is 14.7 Å². The molecule has 4 nitrogen and oxygen atoms in total. The Balaban J connectivity index is 2.29. The second-order valence-electron chi connectivity index (χ2n) is 6.48. The third-order valence-corrected chi connectivity index (χ3v) is 3.52. The molecule has 1 fully saturated rings. The maximum Gasteiger partial charge on any atom is 0.303 e. The lowest BCUT2D eigenvalue weighted by atomic mass is 9.89. The summed E-state index contributed by atoms with van der Waals surface area (Å²) in [4.78, 5) is 24.5. The number of carboxylic acids is 1. The van der Waals surface area contributed by atoms with Gasteiger partial charge in [-0.1, -0.05) is 20.8 Å². The molecule has 0 aromatic rings. The quantitative estimate of drug-likeness (QED) is 0.839. The van der Waals surface area contributed by atoms with Gasteiger partial charge in [0, 0.05) is 25.9 Å². The highest BCUT2D eigenvalue weighted by Gasteiger charge is 2.24. The van der Waals surface area contributed by atoms with Gasteiger partial charge in [0.25, 0.3) is 0 Å². The van der Waals surface area contributed by atoms with E-state index in [-0.39, 0.29) is 23.7 Å². The summed E-state index contributed by atoms with van der Waals surface area (Å²) in [6.45, 7) is 7.86. The number of carbonyl (C=O) groups excluding carboxylic acids is 1. The van der Waals surface area contributed by atoms with E-state index >= 15 is 0 Å². The van der Waals surface area contributed by atoms with Crippen LogP contribution in [0.15, 0.2) is 0 Å². The van der Waals surface area contributed by atoms with Crippen molar-refractivity contribution in [1.82, 2.24) is 4.90 Å². The van der Waals surface area contributed by atoms with Crippen molar-refractivity contribution in [2.45, 2.75) is 52.9 Å². The Morgan fingerprint density at radius 1 is 1.22 bits per heavy atom. The van der Waals surface area contributed by atoms with E-state index in [0.29, 0.717) is 6.42 Å². The van der Waals surface area contributed by atoms with Gasteiger partial charge >= 0.3 is 5.97 Å². The van der Waals surface area contributed by atoms with E-state index in [0.717, 1.165) is 32.4 Å². The number of nitrogens with zero attached hydrogens (tertiary/aromatic N) is 1. The Hall–Kier alpha value is -1.06. The highest BCUT2D eigenvalue weighted by atomic mass is 16.4. The fourth-order valence-corrected chi connectivity index (χ4v) is 2.27. The number of amides is 1. The Morgan fingerprint density at radius 3 is 2.22 bits per heavy atom. The van der Waals surface area contributed by atoms with Gasteiger partial charge in [0.2, 0.25) is 5.91 Å². The molecular weight excluding hydrogens is 230 g/mol. The Labute approximate surface area is 109 Å². The molecule has 1 aliphatic heterocycles. The molecule has 0 spiro atoms. The van der Waals surface area contributed by atoms with Gasteiger partial charge in [-0.2, -0.15) is 0 Å². The molecule has 1 rings (SSSR count). The second-order valence-corrected chi connectivity index (χ2v) is 6.48. The van der Waals surface area contributed by atoms with E-state index in [9.17, 15) is 9.59 Å². The van der Waals surface area contributed by atoms with Crippen molar-refractivity contribution in [3.05, 3.63) is 0 Å². The molecule has 0 saturated carbocycles. The minimum absolute atomic E-state index is 0.192. The molecule has 0 unspecified atom stereocenters. The minimum atomic E-state index is -0.729. The van der Waals surface area contributed by atoms with Crippen LogP contribution in [0.25, 0.3) is 0 Å². The minimum Gasteiger partial charge on any atom is -0.481 e. The number of carboxylic acid groups (broad SMARTS) is 1. The van der Waals surface area contributed by atoms with Crippen LogP contribution in [0.1, 0.15) is 52.9 Å². The molecule has 4 heteroatoms. The fourth-order valence-electron chi connectivity index (χ4n) is 2.27. The second kappa shape index (κ2) is 6.21. The highest BCUT2D eigenvalue weighted by molar-refractivity contribution is 5.76. The molecular formula is C14H25NO3. The molecule has 1 amide bonds. The summed E-state index contributed by atoms with van der Waals surface area (Å²) in [5, 5.41) is 8.73. The molecule has 0 atom stereocenters. The third-order valence-electron chi connectivity index (χ3n) is 3.52. The van der Waals surface area contributed by atoms with Crippen molar-refractivity contribution in [2.24, 2.45) is 11.3 Å². The number of piperidine rings is 1. The van der Waals surface area contributed by atoms with Crippen LogP contribution in [0.5, 0.6) is 0 Å². The predicted octanol–water partition coefficient (Wildman–Crippen LogP) is 2.53. The van der Waals surface area contributed by atoms with Gasteiger partial charge in [-0.25, -0.2) is 0 Å². The monoisotopic (exact) mass is 255 g/mol. The van der Waals surface area contributed by atoms with Crippen LogP contribution in [-0.2, 0) is 9.59 Å². The number of rotatable bonds is 4. The average Bonchev–Trinajstić information content (AvgIpc) is 2.25. The van der Waals surface area contributed by atoms with Gasteiger partial charge < -0.3 is 10.0 Å². The Bertz CT molecular complexity index is 299. The lowest BCUT2D eigenvalue weighted by molar-refractivity contribution is -0.138. The first-order valence-electron chi connectivity index (χ1n) is 6.77. The van der Waals surface area contributed by atoms with Gasteiger partial charge in [0.05, 0.1) is 0 Å². The first kappa shape index (κ1) is 15.0. The zero-order chi connectivity index (χ0) is 13.8. The van der Waals surface area contributed by atoms with E-state index in [4.69, 9.17) is 5.11 Å². The first-order chi connectivity index (χ1) is 8.28. The summed E-state index contributed by atoms with van der Waals surface area (Å²) < 4.78 is 0. The van der Waals surface area contributed by atoms with E-state index < -0.39 is 5.97 Å². The molecule has 0 aromatic carbocycles. The van der Waals surface area contributed by atoms with Crippen molar-refractivity contribution >= 4 is 11.9 Å². The molecule has 1 aliphatic rings. The van der Waals surface area contributed by atoms with Crippen molar-refractivity contribution in [3.8, 4) is 0 Å². The zero-order valence-electron chi connectivity index (χ0n) is 11.7. The van der Waals surface area contributed by atoms with Crippen LogP contribution in [0.4, 0.5) is 0 Å². The molecule has 0 bridgehead atoms. The molecule has 0 aliphatic carbocycles. The lowest BCUT2D eigenvalue weighted by Crippen LogP contribution is -2.39. The summed E-state index contributed by atoms with van der Waals surface area (Å²) in [7, 11) is 0. The molecule has 18 heavy (non-hydrogen) atoms. The van der Waals surface area contributed by atoms with Crippen LogP contribution in [0, 0.1) is 11.3 Å². The van der Waals surface area contributed by atoms with E-state index in [1.165, 1.54) is 0 Å². The number of carbonyl (C=O) groups is 2. The molecule has 0 radical (unpaired) electrons. The van der Waals surface area contributed by atoms with Gasteiger partial charge in [-0.05, 0) is 30.6 Å². The zero-order valence-corrected chi connectivity index (χ0v) is 11.7. The van der Waals surface area contributed by atoms with Gasteiger partial charge in [-0.3, -0.25) is 9.59 Å². The summed E-state index contributed by atoms with van der Waals surface area (Å²) in [5.74, 6) is -0.264. The van der Waals surface area contributed by atoms with Crippen LogP contribution < -0.4 is 0 Å². The summed E-state index contributed by atoms with van der Waals surface area (Å²) in [6, 6.07) is 0. The van der Waals surface area contributed by atoms with Crippen LogP contribution in [0.2, 0.25) is 0 Å². The van der Waals surface area contributed by atoms with E-state index in [1.807, 2.05) is 4.90 Å². The average molecular weight is 255 g/mol. The van der Waals surface area contributed by atoms with E-state index in [2.05, 4.69) is 20.8 Å². The SMILES string of the molecule is CC(C)(C)CCC(=O)N1CCC(CC(=O)O)CC1. The summed E-state index contributed by atoms with van der Waals surface area (Å²) >= 11 is 0. The highest BCUT2D eigenvalue weighted by Crippen LogP contribution is 2.24. The Kier molecular flexibility index (Phi) is 5.17. The smallest absolute Gasteiger partial charge is 0.303 e. The predicted molar refractivity (Wildman–Crippen MR) is 70.2 cm³/mol. The molecule has 104 valence electrons. The van der Waals surface area contributed by atoms with Crippen LogP contribution >= 0.6 is 0 Å². The standard InChI is InChI=1S/C14H25NO3/c1-14(2,3)7-4-12(16)15-8-5-11(6-9-15)10-13(17)18/h11H,4-10H2,1-3H3,(H,17,18). The van der Waals surface area contributed by atoms with Crippen LogP contribution in [-0.4, -0.2) is 35.0 Å². The molecule has 1 heterocycles. The summed E-state index contributed by atoms with van der Waals surface area (Å²) in [5.41, 5.74) is 0.192. The number of likely N-dealkylation sites (tertiary alicyclic amines) is 1. The molecule has 1 N–H and O–H groups in total. The largest absolute Gasteiger partial charge is 0.481 e.